The van der Waals surface area contributed by atoms with E-state index in [-0.39, 0.29) is 5.57 Å². The molecule has 0 unspecified atom stereocenters. The van der Waals surface area contributed by atoms with E-state index in [1.807, 2.05) is 0 Å². The maximum absolute atomic E-state index is 12.9. The fourth-order valence-electron chi connectivity index (χ4n) is 2.42. The Morgan fingerprint density at radius 1 is 1.20 bits per heavy atom. The summed E-state index contributed by atoms with van der Waals surface area (Å²) < 4.78 is 44.0. The number of allylic oxidation sites excluding steroid dienone is 2. The molecule has 0 radical (unpaired) electrons. The molecule has 0 bridgehead atoms. The summed E-state index contributed by atoms with van der Waals surface area (Å²) in [5.41, 5.74) is 0.698. The van der Waals surface area contributed by atoms with Crippen molar-refractivity contribution in [2.75, 3.05) is 0 Å². The average Bonchev–Trinajstić information content (AvgIpc) is 2.35. The summed E-state index contributed by atoms with van der Waals surface area (Å²) in [7, 11) is 0. The van der Waals surface area contributed by atoms with Crippen LogP contribution in [0.2, 0.25) is 0 Å². The van der Waals surface area contributed by atoms with Crippen molar-refractivity contribution in [3.8, 4) is 0 Å². The van der Waals surface area contributed by atoms with Crippen molar-refractivity contribution in [3.63, 3.8) is 0 Å². The third kappa shape index (κ3) is 2.75. The van der Waals surface area contributed by atoms with Gasteiger partial charge in [-0.2, -0.15) is 13.2 Å². The van der Waals surface area contributed by atoms with E-state index in [0.29, 0.717) is 5.56 Å². The first-order valence-corrected chi connectivity index (χ1v) is 6.76. The highest BCUT2D eigenvalue weighted by Crippen LogP contribution is 2.43. The predicted molar refractivity (Wildman–Crippen MR) is 70.9 cm³/mol. The van der Waals surface area contributed by atoms with Gasteiger partial charge >= 0.3 is 12.1 Å². The Morgan fingerprint density at radius 2 is 1.75 bits per heavy atom. The molecule has 0 fully saturated rings. The zero-order valence-corrected chi connectivity index (χ0v) is 12.4. The lowest BCUT2D eigenvalue weighted by Gasteiger charge is -2.31. The van der Waals surface area contributed by atoms with Gasteiger partial charge in [0.15, 0.2) is 0 Å². The standard InChI is InChI=1S/C14H12BrF3O2/c1-7-11(9-3-5-10(15)6-4-9)8(2)13(19)20-12(7)14(16,17)18/h3-6,8,11H,1-2H3/t8-,11-/m0/s1. The molecule has 1 aliphatic heterocycles. The number of carbonyl (C=O) groups excluding carboxylic acids is 1. The van der Waals surface area contributed by atoms with Crippen molar-refractivity contribution in [3.05, 3.63) is 45.6 Å². The molecular formula is C14H12BrF3O2. The number of hydrogen-bond donors (Lipinski definition) is 0. The Morgan fingerprint density at radius 3 is 2.25 bits per heavy atom. The van der Waals surface area contributed by atoms with Crippen molar-refractivity contribution < 1.29 is 22.7 Å². The number of halogens is 4. The Bertz CT molecular complexity index is 561. The maximum atomic E-state index is 12.9. The van der Waals surface area contributed by atoms with E-state index < -0.39 is 29.7 Å². The summed E-state index contributed by atoms with van der Waals surface area (Å²) in [5, 5.41) is 0. The van der Waals surface area contributed by atoms with E-state index in [2.05, 4.69) is 20.7 Å². The molecule has 2 atom stereocenters. The summed E-state index contributed by atoms with van der Waals surface area (Å²) in [5.74, 6) is -3.31. The Hall–Kier alpha value is -1.30. The summed E-state index contributed by atoms with van der Waals surface area (Å²) in [6.45, 7) is 2.93. The van der Waals surface area contributed by atoms with Crippen molar-refractivity contribution in [2.24, 2.45) is 5.92 Å². The SMILES string of the molecule is CC1=C(C(F)(F)F)OC(=O)[C@@H](C)[C@H]1c1ccc(Br)cc1. The van der Waals surface area contributed by atoms with E-state index in [1.165, 1.54) is 6.92 Å². The molecular weight excluding hydrogens is 337 g/mol. The van der Waals surface area contributed by atoms with Gasteiger partial charge in [-0.15, -0.1) is 0 Å². The molecule has 6 heteroatoms. The number of ether oxygens (including phenoxy) is 1. The molecule has 2 rings (SSSR count). The van der Waals surface area contributed by atoms with Crippen LogP contribution in [-0.4, -0.2) is 12.1 Å². The van der Waals surface area contributed by atoms with Gasteiger partial charge in [-0.3, -0.25) is 4.79 Å². The summed E-state index contributed by atoms with van der Waals surface area (Å²) in [4.78, 5) is 11.7. The molecule has 1 aromatic carbocycles. The van der Waals surface area contributed by atoms with Crippen LogP contribution in [0.3, 0.4) is 0 Å². The number of hydrogen-bond acceptors (Lipinski definition) is 2. The van der Waals surface area contributed by atoms with Crippen molar-refractivity contribution in [1.82, 2.24) is 0 Å². The first-order valence-electron chi connectivity index (χ1n) is 5.97. The molecule has 1 aliphatic rings. The number of cyclic esters (lactones) is 1. The zero-order valence-electron chi connectivity index (χ0n) is 10.8. The minimum atomic E-state index is -4.66. The Labute approximate surface area is 122 Å². The number of carbonyl (C=O) groups is 1. The van der Waals surface area contributed by atoms with Crippen LogP contribution in [0.1, 0.15) is 25.3 Å². The lowest BCUT2D eigenvalue weighted by Crippen LogP contribution is -2.33. The van der Waals surface area contributed by atoms with Crippen molar-refractivity contribution >= 4 is 21.9 Å². The molecule has 2 nitrogen and oxygen atoms in total. The van der Waals surface area contributed by atoms with Gasteiger partial charge < -0.3 is 4.74 Å². The summed E-state index contributed by atoms with van der Waals surface area (Å²) in [6, 6.07) is 6.90. The second kappa shape index (κ2) is 5.24. The van der Waals surface area contributed by atoms with Crippen LogP contribution in [-0.2, 0) is 9.53 Å². The van der Waals surface area contributed by atoms with E-state index in [4.69, 9.17) is 0 Å². The van der Waals surface area contributed by atoms with Crippen LogP contribution in [0, 0.1) is 5.92 Å². The Balaban J connectivity index is 2.53. The molecule has 1 aromatic rings. The highest BCUT2D eigenvalue weighted by atomic mass is 79.9. The monoisotopic (exact) mass is 348 g/mol. The maximum Gasteiger partial charge on any atom is 0.449 e. The zero-order chi connectivity index (χ0) is 15.1. The number of esters is 1. The van der Waals surface area contributed by atoms with Crippen molar-refractivity contribution in [2.45, 2.75) is 25.9 Å². The van der Waals surface area contributed by atoms with E-state index >= 15 is 0 Å². The molecule has 20 heavy (non-hydrogen) atoms. The van der Waals surface area contributed by atoms with Crippen LogP contribution < -0.4 is 0 Å². The predicted octanol–water partition coefficient (Wildman–Crippen LogP) is 4.56. The van der Waals surface area contributed by atoms with Gasteiger partial charge in [0.25, 0.3) is 0 Å². The quantitative estimate of drug-likeness (QED) is 0.695. The minimum absolute atomic E-state index is 0.0342. The third-order valence-corrected chi connectivity index (χ3v) is 3.91. The number of alkyl halides is 3. The van der Waals surface area contributed by atoms with Crippen LogP contribution >= 0.6 is 15.9 Å². The van der Waals surface area contributed by atoms with Crippen molar-refractivity contribution in [1.29, 1.82) is 0 Å². The smallest absolute Gasteiger partial charge is 0.421 e. The van der Waals surface area contributed by atoms with Crippen LogP contribution in [0.4, 0.5) is 13.2 Å². The fourth-order valence-corrected chi connectivity index (χ4v) is 2.68. The van der Waals surface area contributed by atoms with E-state index in [1.54, 1.807) is 31.2 Å². The van der Waals surface area contributed by atoms with Gasteiger partial charge in [0, 0.05) is 10.4 Å². The van der Waals surface area contributed by atoms with Gasteiger partial charge in [-0.25, -0.2) is 0 Å². The van der Waals surface area contributed by atoms with Gasteiger partial charge in [0.2, 0.25) is 5.76 Å². The molecule has 108 valence electrons. The second-order valence-corrected chi connectivity index (χ2v) is 5.66. The van der Waals surface area contributed by atoms with Gasteiger partial charge in [-0.05, 0) is 30.2 Å². The largest absolute Gasteiger partial charge is 0.449 e. The molecule has 0 aliphatic carbocycles. The van der Waals surface area contributed by atoms with Crippen LogP contribution in [0.15, 0.2) is 40.1 Å². The lowest BCUT2D eigenvalue weighted by molar-refractivity contribution is -0.168. The number of rotatable bonds is 1. The van der Waals surface area contributed by atoms with Gasteiger partial charge in [-0.1, -0.05) is 35.0 Å². The minimum Gasteiger partial charge on any atom is -0.421 e. The van der Waals surface area contributed by atoms with Gasteiger partial charge in [0.1, 0.15) is 0 Å². The summed E-state index contributed by atoms with van der Waals surface area (Å²) in [6.07, 6.45) is -4.66. The second-order valence-electron chi connectivity index (χ2n) is 4.75. The van der Waals surface area contributed by atoms with Crippen LogP contribution in [0.5, 0.6) is 0 Å². The molecule has 0 spiro atoms. The average molecular weight is 349 g/mol. The third-order valence-electron chi connectivity index (χ3n) is 3.39. The van der Waals surface area contributed by atoms with Crippen LogP contribution in [0.25, 0.3) is 0 Å². The topological polar surface area (TPSA) is 26.3 Å². The number of benzene rings is 1. The summed E-state index contributed by atoms with van der Waals surface area (Å²) >= 11 is 3.27. The molecule has 0 aromatic heterocycles. The highest BCUT2D eigenvalue weighted by molar-refractivity contribution is 9.10. The van der Waals surface area contributed by atoms with Gasteiger partial charge in [0.05, 0.1) is 5.92 Å². The lowest BCUT2D eigenvalue weighted by atomic mass is 9.80. The highest BCUT2D eigenvalue weighted by Gasteiger charge is 2.46. The van der Waals surface area contributed by atoms with E-state index in [0.717, 1.165) is 4.47 Å². The molecule has 0 saturated carbocycles. The Kier molecular flexibility index (Phi) is 3.95. The molecule has 0 N–H and O–H groups in total. The fraction of sp³-hybridized carbons (Fsp3) is 0.357. The molecule has 0 amide bonds. The van der Waals surface area contributed by atoms with E-state index in [9.17, 15) is 18.0 Å². The first kappa shape index (κ1) is 15.1. The normalized spacial score (nSPS) is 23.8. The molecule has 1 heterocycles. The molecule has 0 saturated heterocycles. The first-order chi connectivity index (χ1) is 9.21.